The van der Waals surface area contributed by atoms with Gasteiger partial charge >= 0.3 is 0 Å². The molecule has 0 bridgehead atoms. The van der Waals surface area contributed by atoms with Crippen molar-refractivity contribution in [2.75, 3.05) is 30.3 Å². The predicted molar refractivity (Wildman–Crippen MR) is 124 cm³/mol. The van der Waals surface area contributed by atoms with Crippen LogP contribution in [0, 0.1) is 5.92 Å². The number of amides is 2. The number of hydrogen-bond donors (Lipinski definition) is 2. The van der Waals surface area contributed by atoms with Gasteiger partial charge in [-0.05, 0) is 74.5 Å². The van der Waals surface area contributed by atoms with Gasteiger partial charge in [-0.3, -0.25) is 14.5 Å². The van der Waals surface area contributed by atoms with Gasteiger partial charge in [0.05, 0.1) is 6.54 Å². The van der Waals surface area contributed by atoms with Crippen LogP contribution in [0.2, 0.25) is 0 Å². The molecule has 164 valence electrons. The van der Waals surface area contributed by atoms with E-state index in [1.807, 2.05) is 66.7 Å². The van der Waals surface area contributed by atoms with E-state index in [4.69, 9.17) is 4.74 Å². The number of carbonyl (C=O) groups is 2. The number of rotatable bonds is 7. The number of nitrogens with one attached hydrogen (secondary N) is 2. The summed E-state index contributed by atoms with van der Waals surface area (Å²) >= 11 is 0. The molecule has 2 heterocycles. The highest BCUT2D eigenvalue weighted by Crippen LogP contribution is 2.23. The van der Waals surface area contributed by atoms with Crippen LogP contribution < -0.4 is 15.4 Å². The van der Waals surface area contributed by atoms with Gasteiger partial charge in [0.25, 0.3) is 0 Å². The highest BCUT2D eigenvalue weighted by Gasteiger charge is 2.26. The van der Waals surface area contributed by atoms with Crippen LogP contribution in [0.3, 0.4) is 0 Å². The Balaban J connectivity index is 1.20. The van der Waals surface area contributed by atoms with Crippen molar-refractivity contribution in [3.63, 3.8) is 0 Å². The number of benzene rings is 2. The van der Waals surface area contributed by atoms with Gasteiger partial charge < -0.3 is 15.4 Å². The number of ether oxygens (including phenoxy) is 1. The Morgan fingerprint density at radius 3 is 2.25 bits per heavy atom. The summed E-state index contributed by atoms with van der Waals surface area (Å²) in [5.41, 5.74) is 0.722. The fraction of sp³-hybridized carbons (Fsp3) is 0.240. The molecule has 32 heavy (non-hydrogen) atoms. The minimum absolute atomic E-state index is 0.00869. The second-order valence-electron chi connectivity index (χ2n) is 7.74. The largest absolute Gasteiger partial charge is 0.457 e. The molecule has 2 N–H and O–H groups in total. The van der Waals surface area contributed by atoms with Crippen LogP contribution in [0.25, 0.3) is 0 Å². The average molecular weight is 431 g/mol. The van der Waals surface area contributed by atoms with Crippen LogP contribution in [0.15, 0.2) is 79.0 Å². The Morgan fingerprint density at radius 2 is 1.56 bits per heavy atom. The molecule has 1 aliphatic heterocycles. The highest BCUT2D eigenvalue weighted by atomic mass is 16.5. The molecule has 2 amide bonds. The zero-order valence-corrected chi connectivity index (χ0v) is 17.7. The summed E-state index contributed by atoms with van der Waals surface area (Å²) in [5.74, 6) is 1.90. The predicted octanol–water partition coefficient (Wildman–Crippen LogP) is 4.16. The maximum atomic E-state index is 12.4. The average Bonchev–Trinajstić information content (AvgIpc) is 2.82. The van der Waals surface area contributed by atoms with Crippen LogP contribution >= 0.6 is 0 Å². The van der Waals surface area contributed by atoms with Crippen molar-refractivity contribution in [3.05, 3.63) is 79.0 Å². The third-order valence-corrected chi connectivity index (χ3v) is 5.36. The van der Waals surface area contributed by atoms with E-state index in [9.17, 15) is 9.59 Å². The van der Waals surface area contributed by atoms with Crippen molar-refractivity contribution in [3.8, 4) is 11.5 Å². The molecule has 0 saturated carbocycles. The van der Waals surface area contributed by atoms with Crippen LogP contribution in [0.1, 0.15) is 12.8 Å². The Bertz CT molecular complexity index is 1020. The van der Waals surface area contributed by atoms with Gasteiger partial charge in [-0.2, -0.15) is 0 Å². The van der Waals surface area contributed by atoms with E-state index in [0.717, 1.165) is 24.3 Å². The van der Waals surface area contributed by atoms with Crippen molar-refractivity contribution in [2.24, 2.45) is 5.92 Å². The van der Waals surface area contributed by atoms with Crippen LogP contribution in [0.5, 0.6) is 11.5 Å². The zero-order chi connectivity index (χ0) is 22.2. The fourth-order valence-electron chi connectivity index (χ4n) is 3.65. The molecule has 1 saturated heterocycles. The molecular formula is C25H26N4O3. The van der Waals surface area contributed by atoms with Gasteiger partial charge in [0, 0.05) is 17.8 Å². The van der Waals surface area contributed by atoms with E-state index in [-0.39, 0.29) is 17.7 Å². The Morgan fingerprint density at radius 1 is 0.875 bits per heavy atom. The Labute approximate surface area is 187 Å². The third-order valence-electron chi connectivity index (χ3n) is 5.36. The normalized spacial score (nSPS) is 14.5. The van der Waals surface area contributed by atoms with E-state index in [1.54, 1.807) is 12.3 Å². The Hall–Kier alpha value is -3.71. The standard InChI is InChI=1S/C25H26N4O3/c30-24(27-20-9-11-22(12-10-20)32-21-6-2-1-3-7-21)18-29-16-13-19(14-17-29)25(31)28-23-8-4-5-15-26-23/h1-12,15,19H,13-14,16-18H2,(H,27,30)(H,26,28,31). The molecule has 3 aromatic rings. The zero-order valence-electron chi connectivity index (χ0n) is 17.7. The summed E-state index contributed by atoms with van der Waals surface area (Å²) < 4.78 is 5.77. The highest BCUT2D eigenvalue weighted by molar-refractivity contribution is 5.93. The van der Waals surface area contributed by atoms with Crippen molar-refractivity contribution >= 4 is 23.3 Å². The maximum absolute atomic E-state index is 12.4. The second-order valence-corrected chi connectivity index (χ2v) is 7.74. The summed E-state index contributed by atoms with van der Waals surface area (Å²) in [6, 6.07) is 22.3. The van der Waals surface area contributed by atoms with E-state index in [1.165, 1.54) is 0 Å². The summed E-state index contributed by atoms with van der Waals surface area (Å²) in [5, 5.41) is 5.78. The van der Waals surface area contributed by atoms with Gasteiger partial charge in [0.2, 0.25) is 11.8 Å². The summed E-state index contributed by atoms with van der Waals surface area (Å²) in [4.78, 5) is 31.1. The molecule has 0 unspecified atom stereocenters. The van der Waals surface area contributed by atoms with Crippen LogP contribution in [0.4, 0.5) is 11.5 Å². The van der Waals surface area contributed by atoms with Gasteiger partial charge in [-0.25, -0.2) is 4.98 Å². The molecule has 1 aliphatic rings. The number of pyridine rings is 1. The maximum Gasteiger partial charge on any atom is 0.238 e. The lowest BCUT2D eigenvalue weighted by Gasteiger charge is -2.30. The van der Waals surface area contributed by atoms with Crippen molar-refractivity contribution in [1.29, 1.82) is 0 Å². The number of para-hydroxylation sites is 1. The minimum Gasteiger partial charge on any atom is -0.457 e. The fourth-order valence-corrected chi connectivity index (χ4v) is 3.65. The molecule has 4 rings (SSSR count). The SMILES string of the molecule is O=C(CN1CCC(C(=O)Nc2ccccn2)CC1)Nc1ccc(Oc2ccccc2)cc1. The van der Waals surface area contributed by atoms with Gasteiger partial charge in [-0.15, -0.1) is 0 Å². The van der Waals surface area contributed by atoms with E-state index >= 15 is 0 Å². The Kier molecular flexibility index (Phi) is 7.09. The summed E-state index contributed by atoms with van der Waals surface area (Å²) in [6.45, 7) is 1.71. The molecule has 7 nitrogen and oxygen atoms in total. The number of anilines is 2. The monoisotopic (exact) mass is 430 g/mol. The quantitative estimate of drug-likeness (QED) is 0.588. The first kappa shape index (κ1) is 21.5. The molecule has 0 atom stereocenters. The van der Waals surface area contributed by atoms with E-state index < -0.39 is 0 Å². The van der Waals surface area contributed by atoms with E-state index in [0.29, 0.717) is 31.2 Å². The van der Waals surface area contributed by atoms with Gasteiger partial charge in [0.15, 0.2) is 0 Å². The molecule has 7 heteroatoms. The number of carbonyl (C=O) groups excluding carboxylic acids is 2. The minimum atomic E-state index is -0.0712. The molecule has 1 fully saturated rings. The molecule has 1 aromatic heterocycles. The molecule has 0 spiro atoms. The number of piperidine rings is 1. The van der Waals surface area contributed by atoms with E-state index in [2.05, 4.69) is 20.5 Å². The topological polar surface area (TPSA) is 83.6 Å². The first-order chi connectivity index (χ1) is 15.7. The lowest BCUT2D eigenvalue weighted by molar-refractivity contribution is -0.121. The van der Waals surface area contributed by atoms with Crippen molar-refractivity contribution in [1.82, 2.24) is 9.88 Å². The smallest absolute Gasteiger partial charge is 0.238 e. The first-order valence-electron chi connectivity index (χ1n) is 10.7. The summed E-state index contributed by atoms with van der Waals surface area (Å²) in [7, 11) is 0. The van der Waals surface area contributed by atoms with Crippen molar-refractivity contribution in [2.45, 2.75) is 12.8 Å². The summed E-state index contributed by atoms with van der Waals surface area (Å²) in [6.07, 6.45) is 3.09. The second kappa shape index (κ2) is 10.5. The van der Waals surface area contributed by atoms with Gasteiger partial charge in [-0.1, -0.05) is 24.3 Å². The molecule has 0 radical (unpaired) electrons. The van der Waals surface area contributed by atoms with Crippen molar-refractivity contribution < 1.29 is 14.3 Å². The number of aromatic nitrogens is 1. The van der Waals surface area contributed by atoms with Gasteiger partial charge in [0.1, 0.15) is 17.3 Å². The number of nitrogens with zero attached hydrogens (tertiary/aromatic N) is 2. The lowest BCUT2D eigenvalue weighted by atomic mass is 9.96. The third kappa shape index (κ3) is 6.15. The van der Waals surface area contributed by atoms with Crippen LogP contribution in [-0.2, 0) is 9.59 Å². The molecular weight excluding hydrogens is 404 g/mol. The molecule has 2 aromatic carbocycles. The number of likely N-dealkylation sites (tertiary alicyclic amines) is 1. The lowest BCUT2D eigenvalue weighted by Crippen LogP contribution is -2.41. The van der Waals surface area contributed by atoms with Crippen LogP contribution in [-0.4, -0.2) is 41.3 Å². The number of hydrogen-bond acceptors (Lipinski definition) is 5. The first-order valence-corrected chi connectivity index (χ1v) is 10.7. The molecule has 0 aliphatic carbocycles.